The number of carbonyl (C=O) groups excluding carboxylic acids is 1. The van der Waals surface area contributed by atoms with Gasteiger partial charge in [-0.05, 0) is 12.8 Å². The zero-order valence-electron chi connectivity index (χ0n) is 7.26. The third kappa shape index (κ3) is 3.51. The van der Waals surface area contributed by atoms with Gasteiger partial charge in [-0.1, -0.05) is 0 Å². The molecule has 1 rings (SSSR count). The number of halogens is 3. The first-order chi connectivity index (χ1) is 6.50. The fourth-order valence-electron chi connectivity index (χ4n) is 1.03. The van der Waals surface area contributed by atoms with Crippen LogP contribution in [0, 0.1) is 0 Å². The van der Waals surface area contributed by atoms with Gasteiger partial charge in [0, 0.05) is 6.61 Å². The number of ether oxygens (including phenoxy) is 1. The molecule has 1 aliphatic rings. The molecule has 0 spiro atoms. The van der Waals surface area contributed by atoms with Gasteiger partial charge in [-0.25, -0.2) is 4.79 Å². The first kappa shape index (κ1) is 11.3. The molecule has 1 aliphatic heterocycles. The van der Waals surface area contributed by atoms with E-state index in [2.05, 4.69) is 4.84 Å². The standard InChI is InChI=1S/C7H10F3NO3/c8-7(9,10)6(12)14-11-5-2-1-3-13-4-5/h5,11H,1-4H2/t5-/m0/s1. The summed E-state index contributed by atoms with van der Waals surface area (Å²) in [5.74, 6) is -2.23. The summed E-state index contributed by atoms with van der Waals surface area (Å²) in [4.78, 5) is 14.1. The van der Waals surface area contributed by atoms with Crippen molar-refractivity contribution in [2.24, 2.45) is 0 Å². The molecule has 0 unspecified atom stereocenters. The van der Waals surface area contributed by atoms with Gasteiger partial charge in [0.25, 0.3) is 0 Å². The summed E-state index contributed by atoms with van der Waals surface area (Å²) in [6.07, 6.45) is -3.59. The maximum absolute atomic E-state index is 11.7. The minimum absolute atomic E-state index is 0.255. The van der Waals surface area contributed by atoms with Crippen LogP contribution < -0.4 is 5.48 Å². The van der Waals surface area contributed by atoms with E-state index in [1.165, 1.54) is 0 Å². The van der Waals surface area contributed by atoms with Crippen LogP contribution in [0.5, 0.6) is 0 Å². The molecule has 1 fully saturated rings. The smallest absolute Gasteiger partial charge is 0.380 e. The summed E-state index contributed by atoms with van der Waals surface area (Å²) < 4.78 is 39.9. The van der Waals surface area contributed by atoms with Gasteiger partial charge in [0.2, 0.25) is 0 Å². The fraction of sp³-hybridized carbons (Fsp3) is 0.857. The van der Waals surface area contributed by atoms with Crippen molar-refractivity contribution in [3.63, 3.8) is 0 Å². The third-order valence-corrected chi connectivity index (χ3v) is 1.71. The van der Waals surface area contributed by atoms with Crippen LogP contribution in [0.4, 0.5) is 13.2 Å². The van der Waals surface area contributed by atoms with E-state index in [4.69, 9.17) is 4.74 Å². The van der Waals surface area contributed by atoms with Crippen molar-refractivity contribution in [3.8, 4) is 0 Å². The van der Waals surface area contributed by atoms with Crippen molar-refractivity contribution in [1.29, 1.82) is 0 Å². The highest BCUT2D eigenvalue weighted by Gasteiger charge is 2.41. The lowest BCUT2D eigenvalue weighted by Crippen LogP contribution is -2.41. The predicted molar refractivity (Wildman–Crippen MR) is 39.1 cm³/mol. The molecule has 0 amide bonds. The van der Waals surface area contributed by atoms with Crippen LogP contribution in [-0.2, 0) is 14.4 Å². The van der Waals surface area contributed by atoms with Crippen molar-refractivity contribution < 1.29 is 27.5 Å². The SMILES string of the molecule is O=C(ON[C@H]1CCCOC1)C(F)(F)F. The van der Waals surface area contributed by atoms with Gasteiger partial charge in [-0.3, -0.25) is 0 Å². The lowest BCUT2D eigenvalue weighted by atomic mass is 10.1. The predicted octanol–water partition coefficient (Wildman–Crippen LogP) is 0.775. The van der Waals surface area contributed by atoms with Crippen molar-refractivity contribution in [3.05, 3.63) is 0 Å². The molecule has 0 aromatic heterocycles. The molecule has 0 aliphatic carbocycles. The third-order valence-electron chi connectivity index (χ3n) is 1.71. The largest absolute Gasteiger partial charge is 0.492 e. The van der Waals surface area contributed by atoms with Gasteiger partial charge < -0.3 is 9.57 Å². The number of carbonyl (C=O) groups is 1. The molecule has 4 nitrogen and oxygen atoms in total. The average Bonchev–Trinajstić information content (AvgIpc) is 2.14. The number of rotatable bonds is 2. The van der Waals surface area contributed by atoms with Crippen molar-refractivity contribution in [2.75, 3.05) is 13.2 Å². The summed E-state index contributed by atoms with van der Waals surface area (Å²) in [6.45, 7) is 0.844. The van der Waals surface area contributed by atoms with Gasteiger partial charge in [0.15, 0.2) is 0 Å². The van der Waals surface area contributed by atoms with E-state index >= 15 is 0 Å². The second-order valence-corrected chi connectivity index (χ2v) is 2.92. The van der Waals surface area contributed by atoms with Gasteiger partial charge in [0.05, 0.1) is 12.6 Å². The van der Waals surface area contributed by atoms with Crippen LogP contribution in [-0.4, -0.2) is 31.4 Å². The molecule has 7 heteroatoms. The average molecular weight is 213 g/mol. The van der Waals surface area contributed by atoms with Gasteiger partial charge in [-0.15, -0.1) is 5.48 Å². The van der Waals surface area contributed by atoms with E-state index in [0.717, 1.165) is 6.42 Å². The first-order valence-corrected chi connectivity index (χ1v) is 4.11. The minimum atomic E-state index is -4.96. The maximum Gasteiger partial charge on any atom is 0.492 e. The van der Waals surface area contributed by atoms with E-state index in [0.29, 0.717) is 13.0 Å². The molecule has 0 aromatic carbocycles. The molecule has 0 radical (unpaired) electrons. The van der Waals surface area contributed by atoms with Crippen molar-refractivity contribution in [1.82, 2.24) is 5.48 Å². The summed E-state index contributed by atoms with van der Waals surface area (Å²) in [6, 6.07) is -0.352. The monoisotopic (exact) mass is 213 g/mol. The van der Waals surface area contributed by atoms with E-state index < -0.39 is 12.1 Å². The summed E-state index contributed by atoms with van der Waals surface area (Å²) in [7, 11) is 0. The Labute approximate surface area is 78.3 Å². The highest BCUT2D eigenvalue weighted by molar-refractivity contribution is 5.75. The maximum atomic E-state index is 11.7. The summed E-state index contributed by atoms with van der Waals surface area (Å²) in [5, 5.41) is 0. The molecular formula is C7H10F3NO3. The second-order valence-electron chi connectivity index (χ2n) is 2.92. The van der Waals surface area contributed by atoms with E-state index in [-0.39, 0.29) is 12.6 Å². The molecule has 1 heterocycles. The van der Waals surface area contributed by atoms with Crippen LogP contribution in [0.15, 0.2) is 0 Å². The molecule has 82 valence electrons. The van der Waals surface area contributed by atoms with Crippen molar-refractivity contribution >= 4 is 5.97 Å². The Kier molecular flexibility index (Phi) is 3.70. The van der Waals surface area contributed by atoms with Crippen LogP contribution in [0.25, 0.3) is 0 Å². The van der Waals surface area contributed by atoms with Gasteiger partial charge >= 0.3 is 12.1 Å². The molecule has 0 bridgehead atoms. The number of hydroxylamine groups is 1. The lowest BCUT2D eigenvalue weighted by Gasteiger charge is -2.22. The van der Waals surface area contributed by atoms with Crippen molar-refractivity contribution in [2.45, 2.75) is 25.1 Å². The minimum Gasteiger partial charge on any atom is -0.380 e. The highest BCUT2D eigenvalue weighted by Crippen LogP contribution is 2.16. The molecule has 0 aromatic rings. The fourth-order valence-corrected chi connectivity index (χ4v) is 1.03. The Bertz CT molecular complexity index is 201. The quantitative estimate of drug-likeness (QED) is 0.688. The highest BCUT2D eigenvalue weighted by atomic mass is 19.4. The second kappa shape index (κ2) is 4.61. The molecular weight excluding hydrogens is 203 g/mol. The van der Waals surface area contributed by atoms with Gasteiger partial charge in [-0.2, -0.15) is 13.2 Å². The van der Waals surface area contributed by atoms with Crippen LogP contribution >= 0.6 is 0 Å². The number of hydrogen-bond donors (Lipinski definition) is 1. The Morgan fingerprint density at radius 2 is 2.21 bits per heavy atom. The van der Waals surface area contributed by atoms with E-state index in [1.807, 2.05) is 5.48 Å². The topological polar surface area (TPSA) is 47.6 Å². The lowest BCUT2D eigenvalue weighted by molar-refractivity contribution is -0.209. The summed E-state index contributed by atoms with van der Waals surface area (Å²) >= 11 is 0. The molecule has 14 heavy (non-hydrogen) atoms. The van der Waals surface area contributed by atoms with Crippen LogP contribution in [0.3, 0.4) is 0 Å². The Morgan fingerprint density at radius 1 is 1.50 bits per heavy atom. The number of nitrogens with one attached hydrogen (secondary N) is 1. The first-order valence-electron chi connectivity index (χ1n) is 4.11. The Morgan fingerprint density at radius 3 is 2.71 bits per heavy atom. The van der Waals surface area contributed by atoms with E-state index in [1.54, 1.807) is 0 Å². The number of hydrogen-bond acceptors (Lipinski definition) is 4. The molecule has 0 saturated carbocycles. The normalized spacial score (nSPS) is 23.2. The van der Waals surface area contributed by atoms with Crippen LogP contribution in [0.2, 0.25) is 0 Å². The molecule has 1 atom stereocenters. The Hall–Kier alpha value is -0.820. The summed E-state index contributed by atoms with van der Waals surface area (Å²) in [5.41, 5.74) is 2.03. The van der Waals surface area contributed by atoms with E-state index in [9.17, 15) is 18.0 Å². The zero-order chi connectivity index (χ0) is 10.6. The number of alkyl halides is 3. The Balaban J connectivity index is 2.22. The molecule has 1 saturated heterocycles. The van der Waals surface area contributed by atoms with Gasteiger partial charge in [0.1, 0.15) is 0 Å². The van der Waals surface area contributed by atoms with Crippen LogP contribution in [0.1, 0.15) is 12.8 Å². The zero-order valence-corrected chi connectivity index (χ0v) is 7.26. The molecule has 1 N–H and O–H groups in total.